The largest absolute Gasteiger partial charge is 0.356 e. The number of hydrogen-bond donors (Lipinski definition) is 1. The SMILES string of the molecule is CSCC[C@H](C)N(C)c1ncnc2[nH]ncc12. The van der Waals surface area contributed by atoms with Crippen LogP contribution in [0.3, 0.4) is 0 Å². The van der Waals surface area contributed by atoms with E-state index in [2.05, 4.69) is 45.3 Å². The number of nitrogens with zero attached hydrogens (tertiary/aromatic N) is 4. The number of hydrogen-bond acceptors (Lipinski definition) is 5. The second-order valence-electron chi connectivity index (χ2n) is 4.07. The second kappa shape index (κ2) is 5.35. The fourth-order valence-corrected chi connectivity index (χ4v) is 2.30. The van der Waals surface area contributed by atoms with Gasteiger partial charge in [-0.05, 0) is 25.4 Å². The Labute approximate surface area is 105 Å². The van der Waals surface area contributed by atoms with E-state index in [0.29, 0.717) is 6.04 Å². The Morgan fingerprint density at radius 3 is 3.06 bits per heavy atom. The molecule has 0 fully saturated rings. The highest BCUT2D eigenvalue weighted by molar-refractivity contribution is 7.98. The van der Waals surface area contributed by atoms with E-state index >= 15 is 0 Å². The number of aromatic nitrogens is 4. The molecule has 2 aromatic rings. The Morgan fingerprint density at radius 2 is 2.29 bits per heavy atom. The van der Waals surface area contributed by atoms with Crippen LogP contribution in [0.15, 0.2) is 12.5 Å². The first-order valence-electron chi connectivity index (χ1n) is 5.60. The highest BCUT2D eigenvalue weighted by Gasteiger charge is 2.14. The minimum Gasteiger partial charge on any atom is -0.356 e. The highest BCUT2D eigenvalue weighted by atomic mass is 32.2. The van der Waals surface area contributed by atoms with E-state index in [4.69, 9.17) is 0 Å². The van der Waals surface area contributed by atoms with E-state index in [1.807, 2.05) is 11.8 Å². The van der Waals surface area contributed by atoms with E-state index in [1.165, 1.54) is 0 Å². The maximum atomic E-state index is 4.36. The Kier molecular flexibility index (Phi) is 3.83. The topological polar surface area (TPSA) is 57.7 Å². The van der Waals surface area contributed by atoms with Crippen LogP contribution in [0.5, 0.6) is 0 Å². The summed E-state index contributed by atoms with van der Waals surface area (Å²) in [7, 11) is 2.07. The first-order valence-corrected chi connectivity index (χ1v) is 6.99. The zero-order chi connectivity index (χ0) is 12.3. The molecule has 5 nitrogen and oxygen atoms in total. The molecule has 2 heterocycles. The number of thioether (sulfide) groups is 1. The number of aromatic amines is 1. The summed E-state index contributed by atoms with van der Waals surface area (Å²) in [6.45, 7) is 2.21. The number of H-pyrrole nitrogens is 1. The number of nitrogens with one attached hydrogen (secondary N) is 1. The van der Waals surface area contributed by atoms with E-state index in [0.717, 1.165) is 29.0 Å². The maximum Gasteiger partial charge on any atom is 0.160 e. The molecule has 2 rings (SSSR count). The smallest absolute Gasteiger partial charge is 0.160 e. The van der Waals surface area contributed by atoms with Crippen molar-refractivity contribution in [1.29, 1.82) is 0 Å². The standard InChI is InChI=1S/C11H17N5S/c1-8(4-5-17-3)16(2)11-9-6-14-15-10(9)12-7-13-11/h6-8H,4-5H2,1-3H3,(H,12,13,14,15)/t8-/m0/s1. The van der Waals surface area contributed by atoms with Crippen molar-refractivity contribution >= 4 is 28.6 Å². The average molecular weight is 251 g/mol. The predicted octanol–water partition coefficient (Wildman–Crippen LogP) is 1.93. The lowest BCUT2D eigenvalue weighted by molar-refractivity contribution is 0.664. The van der Waals surface area contributed by atoms with E-state index in [9.17, 15) is 0 Å². The lowest BCUT2D eigenvalue weighted by Gasteiger charge is -2.25. The molecule has 1 N–H and O–H groups in total. The lowest BCUT2D eigenvalue weighted by Crippen LogP contribution is -2.30. The summed E-state index contributed by atoms with van der Waals surface area (Å²) in [4.78, 5) is 10.7. The Morgan fingerprint density at radius 1 is 1.47 bits per heavy atom. The van der Waals surface area contributed by atoms with Crippen molar-refractivity contribution in [3.8, 4) is 0 Å². The Bertz CT molecular complexity index is 483. The van der Waals surface area contributed by atoms with Gasteiger partial charge in [-0.15, -0.1) is 0 Å². The van der Waals surface area contributed by atoms with Crippen LogP contribution in [0.4, 0.5) is 5.82 Å². The lowest BCUT2D eigenvalue weighted by atomic mass is 10.2. The zero-order valence-electron chi connectivity index (χ0n) is 10.3. The fraction of sp³-hybridized carbons (Fsp3) is 0.545. The van der Waals surface area contributed by atoms with Crippen LogP contribution >= 0.6 is 11.8 Å². The third-order valence-electron chi connectivity index (χ3n) is 2.96. The van der Waals surface area contributed by atoms with Gasteiger partial charge in [-0.3, -0.25) is 5.10 Å². The van der Waals surface area contributed by atoms with Crippen LogP contribution in [0.2, 0.25) is 0 Å². The summed E-state index contributed by atoms with van der Waals surface area (Å²) >= 11 is 1.87. The minimum absolute atomic E-state index is 0.454. The van der Waals surface area contributed by atoms with Gasteiger partial charge in [0.25, 0.3) is 0 Å². The van der Waals surface area contributed by atoms with E-state index in [1.54, 1.807) is 12.5 Å². The van der Waals surface area contributed by atoms with Crippen molar-refractivity contribution in [2.45, 2.75) is 19.4 Å². The van der Waals surface area contributed by atoms with Crippen LogP contribution in [0.25, 0.3) is 11.0 Å². The van der Waals surface area contributed by atoms with Crippen LogP contribution in [0.1, 0.15) is 13.3 Å². The Balaban J connectivity index is 2.23. The molecule has 0 aliphatic carbocycles. The van der Waals surface area contributed by atoms with Crippen molar-refractivity contribution in [3.63, 3.8) is 0 Å². The molecule has 0 saturated heterocycles. The third-order valence-corrected chi connectivity index (χ3v) is 3.61. The fourth-order valence-electron chi connectivity index (χ4n) is 1.72. The van der Waals surface area contributed by atoms with Crippen molar-refractivity contribution < 1.29 is 0 Å². The molecule has 0 radical (unpaired) electrons. The first-order chi connectivity index (χ1) is 8.24. The van der Waals surface area contributed by atoms with Crippen LogP contribution in [-0.2, 0) is 0 Å². The third kappa shape index (κ3) is 2.52. The van der Waals surface area contributed by atoms with E-state index < -0.39 is 0 Å². The maximum absolute atomic E-state index is 4.36. The normalized spacial score (nSPS) is 12.9. The summed E-state index contributed by atoms with van der Waals surface area (Å²) in [6, 6.07) is 0.454. The molecule has 0 aliphatic heterocycles. The molecule has 2 aromatic heterocycles. The predicted molar refractivity (Wildman–Crippen MR) is 72.5 cm³/mol. The van der Waals surface area contributed by atoms with Gasteiger partial charge in [0.05, 0.1) is 11.6 Å². The molecule has 0 unspecified atom stereocenters. The number of anilines is 1. The van der Waals surface area contributed by atoms with Crippen molar-refractivity contribution in [1.82, 2.24) is 20.2 Å². The second-order valence-corrected chi connectivity index (χ2v) is 5.06. The molecular formula is C11H17N5S. The van der Waals surface area contributed by atoms with Crippen molar-refractivity contribution in [3.05, 3.63) is 12.5 Å². The monoisotopic (exact) mass is 251 g/mol. The molecular weight excluding hydrogens is 234 g/mol. The van der Waals surface area contributed by atoms with Gasteiger partial charge in [0.15, 0.2) is 5.65 Å². The molecule has 0 aromatic carbocycles. The highest BCUT2D eigenvalue weighted by Crippen LogP contribution is 2.22. The zero-order valence-corrected chi connectivity index (χ0v) is 11.2. The van der Waals surface area contributed by atoms with Crippen LogP contribution in [0, 0.1) is 0 Å². The van der Waals surface area contributed by atoms with Gasteiger partial charge in [-0.25, -0.2) is 9.97 Å². The molecule has 92 valence electrons. The van der Waals surface area contributed by atoms with Gasteiger partial charge in [0.1, 0.15) is 12.1 Å². The molecule has 0 saturated carbocycles. The van der Waals surface area contributed by atoms with E-state index in [-0.39, 0.29) is 0 Å². The first kappa shape index (κ1) is 12.2. The van der Waals surface area contributed by atoms with Gasteiger partial charge >= 0.3 is 0 Å². The van der Waals surface area contributed by atoms with Gasteiger partial charge in [-0.1, -0.05) is 0 Å². The van der Waals surface area contributed by atoms with Gasteiger partial charge < -0.3 is 4.90 Å². The quantitative estimate of drug-likeness (QED) is 0.880. The van der Waals surface area contributed by atoms with Gasteiger partial charge in [0, 0.05) is 13.1 Å². The van der Waals surface area contributed by atoms with Crippen molar-refractivity contribution in [2.24, 2.45) is 0 Å². The number of fused-ring (bicyclic) bond motifs is 1. The molecule has 17 heavy (non-hydrogen) atoms. The molecule has 1 atom stereocenters. The van der Waals surface area contributed by atoms with Crippen LogP contribution < -0.4 is 4.90 Å². The summed E-state index contributed by atoms with van der Waals surface area (Å²) in [5, 5.41) is 7.85. The molecule has 0 bridgehead atoms. The molecule has 6 heteroatoms. The van der Waals surface area contributed by atoms with Gasteiger partial charge in [-0.2, -0.15) is 16.9 Å². The summed E-state index contributed by atoms with van der Waals surface area (Å²) in [5.74, 6) is 2.10. The summed E-state index contributed by atoms with van der Waals surface area (Å²) < 4.78 is 0. The summed E-state index contributed by atoms with van der Waals surface area (Å²) in [6.07, 6.45) is 6.63. The van der Waals surface area contributed by atoms with Gasteiger partial charge in [0.2, 0.25) is 0 Å². The van der Waals surface area contributed by atoms with Crippen molar-refractivity contribution in [2.75, 3.05) is 24.0 Å². The molecule has 0 spiro atoms. The Hall–Kier alpha value is -1.30. The molecule has 0 amide bonds. The number of rotatable bonds is 5. The average Bonchev–Trinajstić information content (AvgIpc) is 2.82. The minimum atomic E-state index is 0.454. The summed E-state index contributed by atoms with van der Waals surface area (Å²) in [5.41, 5.74) is 0.791. The van der Waals surface area contributed by atoms with Crippen LogP contribution in [-0.4, -0.2) is 45.3 Å². The molecule has 0 aliphatic rings.